The van der Waals surface area contributed by atoms with E-state index in [9.17, 15) is 36.2 Å². The van der Waals surface area contributed by atoms with Crippen LogP contribution in [0.15, 0.2) is 28.8 Å². The van der Waals surface area contributed by atoms with Crippen molar-refractivity contribution in [3.63, 3.8) is 0 Å². The van der Waals surface area contributed by atoms with Gasteiger partial charge in [0.15, 0.2) is 0 Å². The minimum atomic E-state index is -5.09. The van der Waals surface area contributed by atoms with Crippen LogP contribution in [0, 0.1) is 0 Å². The predicted octanol–water partition coefficient (Wildman–Crippen LogP) is 4.26. The van der Waals surface area contributed by atoms with Crippen molar-refractivity contribution in [3.8, 4) is 0 Å². The Morgan fingerprint density at radius 1 is 1.04 bits per heavy atom. The number of hydrogen-bond donors (Lipinski definition) is 1. The summed E-state index contributed by atoms with van der Waals surface area (Å²) < 4.78 is 81.6. The first-order valence-electron chi connectivity index (χ1n) is 6.58. The maximum Gasteiger partial charge on any atom is 0.416 e. The van der Waals surface area contributed by atoms with Crippen LogP contribution in [0.1, 0.15) is 23.6 Å². The number of aliphatic hydroxyl groups excluding tert-OH is 1. The molecule has 0 aromatic heterocycles. The van der Waals surface area contributed by atoms with Gasteiger partial charge in [-0.1, -0.05) is 0 Å². The number of rotatable bonds is 3. The molecule has 0 heterocycles. The minimum Gasteiger partial charge on any atom is -0.506 e. The topological polar surface area (TPSA) is 58.9 Å². The largest absolute Gasteiger partial charge is 0.506 e. The van der Waals surface area contributed by atoms with Crippen LogP contribution < -0.4 is 0 Å². The Morgan fingerprint density at radius 3 is 1.80 bits per heavy atom. The lowest BCUT2D eigenvalue weighted by Crippen LogP contribution is -2.16. The molecule has 0 atom stereocenters. The third-order valence-corrected chi connectivity index (χ3v) is 3.18. The van der Waals surface area contributed by atoms with E-state index in [0.29, 0.717) is 12.1 Å². The lowest BCUT2D eigenvalue weighted by atomic mass is 9.99. The Hall–Kier alpha value is -2.52. The van der Waals surface area contributed by atoms with Crippen molar-refractivity contribution in [2.45, 2.75) is 19.3 Å². The molecule has 0 amide bonds. The third-order valence-electron chi connectivity index (χ3n) is 3.18. The Morgan fingerprint density at radius 2 is 1.48 bits per heavy atom. The number of methoxy groups -OCH3 is 1. The number of aliphatic hydroxyl groups is 1. The molecular formula is C15H13F6NO3. The molecular weight excluding hydrogens is 356 g/mol. The van der Waals surface area contributed by atoms with Gasteiger partial charge in [0.05, 0.1) is 18.2 Å². The zero-order valence-corrected chi connectivity index (χ0v) is 13.2. The second-order valence-electron chi connectivity index (χ2n) is 4.82. The highest BCUT2D eigenvalue weighted by atomic mass is 19.4. The minimum absolute atomic E-state index is 0.0879. The molecule has 1 N–H and O–H groups in total. The van der Waals surface area contributed by atoms with Crippen LogP contribution in [0.3, 0.4) is 0 Å². The van der Waals surface area contributed by atoms with E-state index in [-0.39, 0.29) is 11.8 Å². The van der Waals surface area contributed by atoms with Gasteiger partial charge in [0.1, 0.15) is 11.3 Å². The van der Waals surface area contributed by atoms with Gasteiger partial charge < -0.3 is 9.84 Å². The summed E-state index contributed by atoms with van der Waals surface area (Å²) in [6, 6.07) is 0.516. The lowest BCUT2D eigenvalue weighted by Gasteiger charge is -2.15. The number of ether oxygens (including phenoxy) is 1. The van der Waals surface area contributed by atoms with E-state index in [2.05, 4.69) is 9.73 Å². The number of halogens is 6. The van der Waals surface area contributed by atoms with Crippen molar-refractivity contribution in [2.75, 3.05) is 14.2 Å². The van der Waals surface area contributed by atoms with Crippen molar-refractivity contribution in [1.82, 2.24) is 0 Å². The molecule has 138 valence electrons. The van der Waals surface area contributed by atoms with Crippen LogP contribution in [0.25, 0.3) is 5.76 Å². The van der Waals surface area contributed by atoms with E-state index in [0.717, 1.165) is 7.11 Å². The number of benzene rings is 1. The number of carbonyl (C=O) groups excluding carboxylic acids is 1. The Bertz CT molecular complexity index is 700. The molecule has 4 nitrogen and oxygen atoms in total. The average molecular weight is 369 g/mol. The first-order valence-corrected chi connectivity index (χ1v) is 6.58. The highest BCUT2D eigenvalue weighted by molar-refractivity contribution is 6.23. The number of alkyl halides is 6. The van der Waals surface area contributed by atoms with Gasteiger partial charge in [-0.3, -0.25) is 4.99 Å². The quantitative estimate of drug-likeness (QED) is 0.285. The molecule has 0 aliphatic rings. The molecule has 1 aromatic rings. The Balaban J connectivity index is 3.79. The fourth-order valence-corrected chi connectivity index (χ4v) is 1.87. The number of aliphatic imine (C=N–C) groups is 1. The third kappa shape index (κ3) is 4.74. The number of nitrogens with zero attached hydrogens (tertiary/aromatic N) is 1. The lowest BCUT2D eigenvalue weighted by molar-refractivity contribution is -0.143. The maximum atomic E-state index is 12.9. The standard InChI is InChI=1S/C15H13F6NO3/c1-7(22-2)11(13(24)25-3)12(23)8-4-9(14(16,17)18)6-10(5-8)15(19,20)21/h4-6,23H,1-3H3/b12-11+,22-7?. The molecule has 25 heavy (non-hydrogen) atoms. The van der Waals surface area contributed by atoms with Gasteiger partial charge in [-0.15, -0.1) is 0 Å². The molecule has 1 aromatic carbocycles. The molecule has 0 aliphatic carbocycles. The molecule has 0 bridgehead atoms. The second-order valence-corrected chi connectivity index (χ2v) is 4.82. The van der Waals surface area contributed by atoms with Gasteiger partial charge in [-0.2, -0.15) is 26.3 Å². The smallest absolute Gasteiger partial charge is 0.416 e. The van der Waals surface area contributed by atoms with Gasteiger partial charge in [-0.25, -0.2) is 4.79 Å². The predicted molar refractivity (Wildman–Crippen MR) is 77.0 cm³/mol. The summed E-state index contributed by atoms with van der Waals surface area (Å²) >= 11 is 0. The summed E-state index contributed by atoms with van der Waals surface area (Å²) in [6.45, 7) is 1.24. The van der Waals surface area contributed by atoms with Crippen molar-refractivity contribution in [2.24, 2.45) is 4.99 Å². The van der Waals surface area contributed by atoms with Gasteiger partial charge in [0.25, 0.3) is 0 Å². The van der Waals surface area contributed by atoms with Crippen LogP contribution in [0.2, 0.25) is 0 Å². The summed E-state index contributed by atoms with van der Waals surface area (Å²) in [5.41, 5.74) is -4.86. The zero-order valence-electron chi connectivity index (χ0n) is 13.2. The molecule has 0 radical (unpaired) electrons. The molecule has 0 saturated heterocycles. The van der Waals surface area contributed by atoms with Crippen LogP contribution in [0.4, 0.5) is 26.3 Å². The highest BCUT2D eigenvalue weighted by Crippen LogP contribution is 2.37. The number of carbonyl (C=O) groups is 1. The Kier molecular flexibility index (Phi) is 5.88. The van der Waals surface area contributed by atoms with Crippen molar-refractivity contribution in [1.29, 1.82) is 0 Å². The second kappa shape index (κ2) is 7.16. The fraction of sp³-hybridized carbons (Fsp3) is 0.333. The van der Waals surface area contributed by atoms with Crippen LogP contribution >= 0.6 is 0 Å². The van der Waals surface area contributed by atoms with Crippen LogP contribution in [-0.2, 0) is 21.9 Å². The monoisotopic (exact) mass is 369 g/mol. The van der Waals surface area contributed by atoms with Crippen LogP contribution in [-0.4, -0.2) is 30.9 Å². The molecule has 1 rings (SSSR count). The molecule has 0 unspecified atom stereocenters. The Labute approximate surface area is 138 Å². The summed E-state index contributed by atoms with van der Waals surface area (Å²) in [7, 11) is 2.16. The van der Waals surface area contributed by atoms with E-state index < -0.39 is 46.3 Å². The number of hydrogen-bond acceptors (Lipinski definition) is 4. The van der Waals surface area contributed by atoms with E-state index >= 15 is 0 Å². The molecule has 0 saturated carbocycles. The normalized spacial score (nSPS) is 14.2. The first-order chi connectivity index (χ1) is 11.3. The molecule has 0 spiro atoms. The average Bonchev–Trinajstić information content (AvgIpc) is 2.52. The van der Waals surface area contributed by atoms with E-state index in [4.69, 9.17) is 0 Å². The SMILES string of the molecule is CN=C(C)/C(C(=O)OC)=C(\O)c1cc(C(F)(F)F)cc(C(F)(F)F)c1. The van der Waals surface area contributed by atoms with Gasteiger partial charge in [0, 0.05) is 18.3 Å². The zero-order chi connectivity index (χ0) is 19.6. The fourth-order valence-electron chi connectivity index (χ4n) is 1.87. The molecule has 0 aliphatic heterocycles. The van der Waals surface area contributed by atoms with Gasteiger partial charge in [-0.05, 0) is 25.1 Å². The van der Waals surface area contributed by atoms with Crippen molar-refractivity contribution in [3.05, 3.63) is 40.5 Å². The highest BCUT2D eigenvalue weighted by Gasteiger charge is 2.37. The summed E-state index contributed by atoms with van der Waals surface area (Å²) in [5, 5.41) is 10.1. The maximum absolute atomic E-state index is 12.9. The summed E-state index contributed by atoms with van der Waals surface area (Å²) in [5.74, 6) is -2.27. The molecule has 10 heteroatoms. The summed E-state index contributed by atoms with van der Waals surface area (Å²) in [6.07, 6.45) is -10.2. The summed E-state index contributed by atoms with van der Waals surface area (Å²) in [4.78, 5) is 15.3. The van der Waals surface area contributed by atoms with E-state index in [1.807, 2.05) is 0 Å². The first kappa shape index (κ1) is 20.5. The van der Waals surface area contributed by atoms with Crippen LogP contribution in [0.5, 0.6) is 0 Å². The van der Waals surface area contributed by atoms with Gasteiger partial charge in [0.2, 0.25) is 0 Å². The van der Waals surface area contributed by atoms with Gasteiger partial charge >= 0.3 is 18.3 Å². The van der Waals surface area contributed by atoms with Crippen molar-refractivity contribution >= 4 is 17.4 Å². The van der Waals surface area contributed by atoms with E-state index in [1.165, 1.54) is 14.0 Å². The number of esters is 1. The van der Waals surface area contributed by atoms with E-state index in [1.54, 1.807) is 0 Å². The van der Waals surface area contributed by atoms with Crippen molar-refractivity contribution < 1.29 is 41.0 Å². The molecule has 0 fully saturated rings.